The van der Waals surface area contributed by atoms with Gasteiger partial charge in [0.2, 0.25) is 0 Å². The molecule has 2 aliphatic rings. The lowest BCUT2D eigenvalue weighted by atomic mass is 9.75. The SMILES string of the molecule is CC1(CN2CCC(=O)CC2)CCCCC1. The van der Waals surface area contributed by atoms with Gasteiger partial charge in [-0.2, -0.15) is 0 Å². The van der Waals surface area contributed by atoms with Crippen LogP contribution in [0.4, 0.5) is 0 Å². The Morgan fingerprint density at radius 3 is 2.33 bits per heavy atom. The summed E-state index contributed by atoms with van der Waals surface area (Å²) in [4.78, 5) is 13.7. The first-order valence-corrected chi connectivity index (χ1v) is 6.42. The van der Waals surface area contributed by atoms with Crippen LogP contribution in [0.5, 0.6) is 0 Å². The highest BCUT2D eigenvalue weighted by molar-refractivity contribution is 5.79. The molecule has 0 radical (unpaired) electrons. The van der Waals surface area contributed by atoms with E-state index < -0.39 is 0 Å². The number of hydrogen-bond acceptors (Lipinski definition) is 2. The Bertz CT molecular complexity index is 221. The minimum absolute atomic E-state index is 0.458. The lowest BCUT2D eigenvalue weighted by molar-refractivity contribution is -0.121. The summed E-state index contributed by atoms with van der Waals surface area (Å²) in [6.45, 7) is 5.67. The molecule has 0 aromatic carbocycles. The zero-order valence-corrected chi connectivity index (χ0v) is 9.93. The maximum Gasteiger partial charge on any atom is 0.135 e. The molecule has 2 heteroatoms. The van der Waals surface area contributed by atoms with Gasteiger partial charge in [-0.1, -0.05) is 26.2 Å². The molecular weight excluding hydrogens is 186 g/mol. The van der Waals surface area contributed by atoms with E-state index in [1.165, 1.54) is 38.6 Å². The summed E-state index contributed by atoms with van der Waals surface area (Å²) in [6, 6.07) is 0. The van der Waals surface area contributed by atoms with Gasteiger partial charge in [-0.3, -0.25) is 4.79 Å². The average molecular weight is 209 g/mol. The molecule has 15 heavy (non-hydrogen) atoms. The second-order valence-electron chi connectivity index (χ2n) is 5.69. The molecule has 1 aliphatic heterocycles. The molecule has 0 spiro atoms. The fourth-order valence-corrected chi connectivity index (χ4v) is 3.06. The molecule has 0 N–H and O–H groups in total. The Balaban J connectivity index is 1.82. The van der Waals surface area contributed by atoms with Gasteiger partial charge in [0.05, 0.1) is 0 Å². The Hall–Kier alpha value is -0.370. The molecule has 1 aliphatic carbocycles. The van der Waals surface area contributed by atoms with Crippen LogP contribution in [0.25, 0.3) is 0 Å². The number of rotatable bonds is 2. The first-order valence-electron chi connectivity index (χ1n) is 6.42. The van der Waals surface area contributed by atoms with Crippen LogP contribution in [-0.2, 0) is 4.79 Å². The fraction of sp³-hybridized carbons (Fsp3) is 0.923. The van der Waals surface area contributed by atoms with E-state index in [1.54, 1.807) is 0 Å². The predicted molar refractivity (Wildman–Crippen MR) is 61.9 cm³/mol. The Labute approximate surface area is 93.0 Å². The summed E-state index contributed by atoms with van der Waals surface area (Å²) in [6.07, 6.45) is 8.58. The molecule has 2 rings (SSSR count). The van der Waals surface area contributed by atoms with Crippen molar-refractivity contribution in [2.45, 2.75) is 51.9 Å². The summed E-state index contributed by atoms with van der Waals surface area (Å²) >= 11 is 0. The zero-order valence-electron chi connectivity index (χ0n) is 9.93. The molecule has 2 nitrogen and oxygen atoms in total. The number of likely N-dealkylation sites (tertiary alicyclic amines) is 1. The minimum Gasteiger partial charge on any atom is -0.302 e. The van der Waals surface area contributed by atoms with E-state index in [-0.39, 0.29) is 0 Å². The largest absolute Gasteiger partial charge is 0.302 e. The quantitative estimate of drug-likeness (QED) is 0.697. The van der Waals surface area contributed by atoms with Crippen LogP contribution in [0.1, 0.15) is 51.9 Å². The van der Waals surface area contributed by atoms with E-state index in [1.807, 2.05) is 0 Å². The van der Waals surface area contributed by atoms with E-state index in [0.717, 1.165) is 25.9 Å². The van der Waals surface area contributed by atoms with Crippen molar-refractivity contribution >= 4 is 5.78 Å². The third-order valence-corrected chi connectivity index (χ3v) is 4.08. The Morgan fingerprint density at radius 2 is 1.73 bits per heavy atom. The van der Waals surface area contributed by atoms with Crippen LogP contribution in [0.2, 0.25) is 0 Å². The van der Waals surface area contributed by atoms with Gasteiger partial charge in [-0.15, -0.1) is 0 Å². The number of ketones is 1. The standard InChI is InChI=1S/C13H23NO/c1-13(7-3-2-4-8-13)11-14-9-5-12(15)6-10-14/h2-11H2,1H3. The van der Waals surface area contributed by atoms with Crippen molar-refractivity contribution in [1.82, 2.24) is 4.90 Å². The molecule has 2 fully saturated rings. The van der Waals surface area contributed by atoms with Crippen LogP contribution in [0, 0.1) is 5.41 Å². The van der Waals surface area contributed by atoms with Gasteiger partial charge < -0.3 is 4.90 Å². The molecule has 86 valence electrons. The van der Waals surface area contributed by atoms with E-state index in [4.69, 9.17) is 0 Å². The number of carbonyl (C=O) groups excluding carboxylic acids is 1. The van der Waals surface area contributed by atoms with E-state index in [9.17, 15) is 4.79 Å². The molecule has 0 bridgehead atoms. The predicted octanol–water partition coefficient (Wildman–Crippen LogP) is 2.62. The summed E-state index contributed by atoms with van der Waals surface area (Å²) in [5.41, 5.74) is 0.540. The van der Waals surface area contributed by atoms with Crippen molar-refractivity contribution in [3.05, 3.63) is 0 Å². The third kappa shape index (κ3) is 3.04. The number of nitrogens with zero attached hydrogens (tertiary/aromatic N) is 1. The van der Waals surface area contributed by atoms with Gasteiger partial charge >= 0.3 is 0 Å². The molecule has 0 atom stereocenters. The van der Waals surface area contributed by atoms with Crippen molar-refractivity contribution in [2.24, 2.45) is 5.41 Å². The lowest BCUT2D eigenvalue weighted by Crippen LogP contribution is -2.41. The van der Waals surface area contributed by atoms with E-state index in [2.05, 4.69) is 11.8 Å². The van der Waals surface area contributed by atoms with Crippen LogP contribution in [-0.4, -0.2) is 30.3 Å². The van der Waals surface area contributed by atoms with Crippen molar-refractivity contribution in [3.8, 4) is 0 Å². The number of piperidine rings is 1. The lowest BCUT2D eigenvalue weighted by Gasteiger charge is -2.39. The van der Waals surface area contributed by atoms with Crippen LogP contribution in [0.15, 0.2) is 0 Å². The number of Topliss-reactive ketones (excluding diaryl/α,β-unsaturated/α-hetero) is 1. The molecule has 1 saturated carbocycles. The minimum atomic E-state index is 0.458. The molecule has 0 aromatic rings. The first-order chi connectivity index (χ1) is 7.18. The van der Waals surface area contributed by atoms with Gasteiger partial charge in [0.1, 0.15) is 5.78 Å². The maximum atomic E-state index is 11.2. The number of hydrogen-bond donors (Lipinski definition) is 0. The average Bonchev–Trinajstić information content (AvgIpc) is 2.22. The second-order valence-corrected chi connectivity index (χ2v) is 5.69. The smallest absolute Gasteiger partial charge is 0.135 e. The van der Waals surface area contributed by atoms with Gasteiger partial charge in [-0.25, -0.2) is 0 Å². The van der Waals surface area contributed by atoms with Crippen molar-refractivity contribution < 1.29 is 4.79 Å². The molecule has 1 heterocycles. The highest BCUT2D eigenvalue weighted by Gasteiger charge is 2.30. The van der Waals surface area contributed by atoms with Gasteiger partial charge in [0, 0.05) is 32.5 Å². The molecule has 0 unspecified atom stereocenters. The van der Waals surface area contributed by atoms with Crippen molar-refractivity contribution in [1.29, 1.82) is 0 Å². The second kappa shape index (κ2) is 4.65. The van der Waals surface area contributed by atoms with Crippen LogP contribution >= 0.6 is 0 Å². The van der Waals surface area contributed by atoms with Crippen molar-refractivity contribution in [3.63, 3.8) is 0 Å². The summed E-state index contributed by atoms with van der Waals surface area (Å²) in [5.74, 6) is 0.458. The van der Waals surface area contributed by atoms with E-state index in [0.29, 0.717) is 11.2 Å². The topological polar surface area (TPSA) is 20.3 Å². The summed E-state index contributed by atoms with van der Waals surface area (Å²) < 4.78 is 0. The van der Waals surface area contributed by atoms with Crippen LogP contribution < -0.4 is 0 Å². The van der Waals surface area contributed by atoms with Gasteiger partial charge in [0.25, 0.3) is 0 Å². The summed E-state index contributed by atoms with van der Waals surface area (Å²) in [7, 11) is 0. The zero-order chi connectivity index (χ0) is 10.7. The molecule has 0 amide bonds. The van der Waals surface area contributed by atoms with Crippen LogP contribution in [0.3, 0.4) is 0 Å². The Morgan fingerprint density at radius 1 is 1.13 bits per heavy atom. The third-order valence-electron chi connectivity index (χ3n) is 4.08. The summed E-state index contributed by atoms with van der Waals surface area (Å²) in [5, 5.41) is 0. The first kappa shape index (κ1) is 11.1. The van der Waals surface area contributed by atoms with Gasteiger partial charge in [0.15, 0.2) is 0 Å². The normalized spacial score (nSPS) is 27.9. The maximum absolute atomic E-state index is 11.2. The molecule has 1 saturated heterocycles. The Kier molecular flexibility index (Phi) is 3.45. The highest BCUT2D eigenvalue weighted by Crippen LogP contribution is 2.36. The molecule has 0 aromatic heterocycles. The van der Waals surface area contributed by atoms with E-state index >= 15 is 0 Å². The highest BCUT2D eigenvalue weighted by atomic mass is 16.1. The molecular formula is C13H23NO. The fourth-order valence-electron chi connectivity index (χ4n) is 3.06. The van der Waals surface area contributed by atoms with Crippen molar-refractivity contribution in [2.75, 3.05) is 19.6 Å². The van der Waals surface area contributed by atoms with Gasteiger partial charge in [-0.05, 0) is 18.3 Å². The monoisotopic (exact) mass is 209 g/mol. The number of carbonyl (C=O) groups is 1.